The van der Waals surface area contributed by atoms with E-state index in [1.807, 2.05) is 0 Å². The molecular formula is C83H114N28O24S2. The molecule has 54 heteroatoms. The van der Waals surface area contributed by atoms with Crippen molar-refractivity contribution in [1.29, 1.82) is 10.8 Å². The predicted molar refractivity (Wildman–Crippen MR) is 493 cm³/mol. The quantitative estimate of drug-likeness (QED) is 0.00730. The molecule has 3 aromatic carbocycles. The number of aliphatic carboxylic acids is 2. The second-order valence-electron chi connectivity index (χ2n) is 31.5. The van der Waals surface area contributed by atoms with Crippen molar-refractivity contribution in [2.75, 3.05) is 31.1 Å². The average Bonchev–Trinajstić information content (AvgIpc) is 1.71. The molecule has 6 aromatic rings. The van der Waals surface area contributed by atoms with Crippen LogP contribution in [0.5, 0.6) is 5.75 Å². The molecule has 0 aliphatic rings. The molecule has 15 atom stereocenters. The number of primary amides is 3. The molecule has 0 aliphatic heterocycles. The lowest BCUT2D eigenvalue weighted by Gasteiger charge is -2.29. The van der Waals surface area contributed by atoms with E-state index in [1.54, 1.807) is 48.5 Å². The summed E-state index contributed by atoms with van der Waals surface area (Å²) < 4.78 is 0. The zero-order chi connectivity index (χ0) is 101. The van der Waals surface area contributed by atoms with E-state index in [1.165, 1.54) is 49.2 Å². The molecule has 0 fully saturated rings. The fourth-order valence-electron chi connectivity index (χ4n) is 13.6. The standard InChI is InChI=1S/C83H114N28O24S2/c1-38(69(123)104-58(28-63(85)116)77(131)108-59(30-66(120)121)70(124)96-34-64(117)100-50(14-8-22-92-82(87)88)72(126)103-53(68(86)122)29-65(118)119)98-71(125)51(15-9-23-93-83(89)90)101-75(129)55(25-42-31-94-48-12-6-4-10-46(42)48)106-74(128)54(24-41-16-18-45(114)19-17-41)105-80(134)61(36-137)110-73(127)52(20-21-62(84)115)102-76(130)56(26-43-32-95-49-13-7-5-11-47(43)49)109-81(135)67(39(2)112)111-78(132)57(27-44-33-91-37-97-44)107-79(133)60(35-136)99-40(3)113/h4-7,10-13,16-19,31-33,37-39,50-61,67,94-95,112,114,136-137H,8-9,14-15,20-30,34-36H2,1-3H3,(H2,84,115)(H2,85,116)(H2,86,122)(H,91,97)(H,96,124)(H,98,125)(H,99,113)(H,100,117)(H,101,129)(H,102,130)(H,103,126)(H,104,123)(H,105,134)(H,106,128)(H,107,133)(H,108,131)(H,109,135)(H,110,127)(H,111,132)(H,118,119)(H,120,121)(H4,87,88,92)(H4,89,90,93)/t38-,39+,50-,51-,52-,53-,54-,55-,56-,57-,58-,59-,60-,61-,67-/m0/s1. The van der Waals surface area contributed by atoms with Gasteiger partial charge < -0.3 is 154 Å². The molecule has 742 valence electrons. The lowest BCUT2D eigenvalue weighted by molar-refractivity contribution is -0.142. The smallest absolute Gasteiger partial charge is 0.305 e. The number of phenols is 1. The molecule has 3 heterocycles. The van der Waals surface area contributed by atoms with Crippen LogP contribution >= 0.6 is 25.3 Å². The summed E-state index contributed by atoms with van der Waals surface area (Å²) in [5.74, 6) is -25.5. The molecule has 18 amide bonds. The van der Waals surface area contributed by atoms with Crippen molar-refractivity contribution >= 4 is 177 Å². The number of hydrogen-bond donors (Lipinski definition) is 33. The molecule has 137 heavy (non-hydrogen) atoms. The molecular weight excluding hydrogens is 1840 g/mol. The van der Waals surface area contributed by atoms with Crippen LogP contribution in [0.4, 0.5) is 0 Å². The average molecular weight is 1950 g/mol. The normalized spacial score (nSPS) is 14.3. The lowest BCUT2D eigenvalue weighted by Crippen LogP contribution is -2.62. The summed E-state index contributed by atoms with van der Waals surface area (Å²) in [6.45, 7) is 2.18. The Morgan fingerprint density at radius 3 is 1.28 bits per heavy atom. The minimum atomic E-state index is -2.11. The van der Waals surface area contributed by atoms with Crippen LogP contribution in [0.15, 0.2) is 97.7 Å². The summed E-state index contributed by atoms with van der Waals surface area (Å²) >= 11 is 8.52. The number of hydrogen-bond acceptors (Lipinski definition) is 27. The van der Waals surface area contributed by atoms with Crippen LogP contribution in [0, 0.1) is 10.8 Å². The first-order chi connectivity index (χ1) is 64.8. The van der Waals surface area contributed by atoms with E-state index in [0.29, 0.717) is 38.6 Å². The summed E-state index contributed by atoms with van der Waals surface area (Å²) in [4.78, 5) is 286. The summed E-state index contributed by atoms with van der Waals surface area (Å²) in [6, 6.07) is -5.61. The zero-order valence-electron chi connectivity index (χ0n) is 74.3. The molecule has 36 N–H and O–H groups in total. The number of nitrogens with two attached hydrogens (primary N) is 5. The second kappa shape index (κ2) is 54.5. The van der Waals surface area contributed by atoms with Gasteiger partial charge in [-0.25, -0.2) is 4.98 Å². The molecule has 0 spiro atoms. The molecule has 6 rings (SSSR count). The Hall–Kier alpha value is -15.6. The first kappa shape index (κ1) is 110. The van der Waals surface area contributed by atoms with E-state index in [2.05, 4.69) is 136 Å². The number of nitrogens with one attached hydrogen (secondary N) is 22. The van der Waals surface area contributed by atoms with E-state index in [-0.39, 0.29) is 68.7 Å². The van der Waals surface area contributed by atoms with Gasteiger partial charge in [-0.2, -0.15) is 25.3 Å². The van der Waals surface area contributed by atoms with Crippen LogP contribution in [0.2, 0.25) is 0 Å². The Morgan fingerprint density at radius 1 is 0.416 bits per heavy atom. The highest BCUT2D eigenvalue weighted by molar-refractivity contribution is 7.80. The van der Waals surface area contributed by atoms with Crippen molar-refractivity contribution in [3.05, 3.63) is 120 Å². The summed E-state index contributed by atoms with van der Waals surface area (Å²) in [5, 5.41) is 97.5. The zero-order valence-corrected chi connectivity index (χ0v) is 76.1. The number of aliphatic hydroxyl groups is 1. The molecule has 0 saturated carbocycles. The molecule has 0 aliphatic carbocycles. The van der Waals surface area contributed by atoms with Crippen molar-refractivity contribution in [3.63, 3.8) is 0 Å². The Labute approximate surface area is 791 Å². The van der Waals surface area contributed by atoms with Crippen molar-refractivity contribution in [2.24, 2.45) is 28.7 Å². The minimum Gasteiger partial charge on any atom is -0.508 e. The number of aliphatic hydroxyl groups excluding tert-OH is 1. The minimum absolute atomic E-state index is 0.00507. The van der Waals surface area contributed by atoms with Crippen LogP contribution in [0.1, 0.15) is 101 Å². The third-order valence-corrected chi connectivity index (χ3v) is 21.4. The van der Waals surface area contributed by atoms with Gasteiger partial charge in [0.1, 0.15) is 90.3 Å². The summed E-state index contributed by atoms with van der Waals surface area (Å²) in [7, 11) is 0. The monoisotopic (exact) mass is 1950 g/mol. The number of rotatable bonds is 58. The largest absolute Gasteiger partial charge is 0.508 e. The van der Waals surface area contributed by atoms with Gasteiger partial charge in [-0.3, -0.25) is 107 Å². The van der Waals surface area contributed by atoms with Gasteiger partial charge in [-0.05, 0) is 86.9 Å². The highest BCUT2D eigenvalue weighted by atomic mass is 32.1. The third-order valence-electron chi connectivity index (χ3n) is 20.7. The number of aromatic amines is 3. The van der Waals surface area contributed by atoms with E-state index >= 15 is 14.4 Å². The number of carbonyl (C=O) groups is 20. The van der Waals surface area contributed by atoms with Crippen LogP contribution in [-0.2, 0) is 122 Å². The van der Waals surface area contributed by atoms with Crippen LogP contribution in [0.3, 0.4) is 0 Å². The fourth-order valence-corrected chi connectivity index (χ4v) is 14.2. The van der Waals surface area contributed by atoms with E-state index < -0.39 is 278 Å². The molecule has 52 nitrogen and oxygen atoms in total. The number of benzene rings is 3. The van der Waals surface area contributed by atoms with Crippen molar-refractivity contribution < 1.29 is 116 Å². The van der Waals surface area contributed by atoms with Crippen LogP contribution in [0.25, 0.3) is 21.8 Å². The highest BCUT2D eigenvalue weighted by Crippen LogP contribution is 2.23. The number of H-pyrrole nitrogens is 3. The first-order valence-electron chi connectivity index (χ1n) is 42.5. The highest BCUT2D eigenvalue weighted by Gasteiger charge is 2.40. The first-order valence-corrected chi connectivity index (χ1v) is 43.8. The van der Waals surface area contributed by atoms with Gasteiger partial charge in [0.25, 0.3) is 0 Å². The lowest BCUT2D eigenvalue weighted by atomic mass is 10.0. The molecule has 0 saturated heterocycles. The Bertz CT molecular complexity index is 5350. The van der Waals surface area contributed by atoms with E-state index in [4.69, 9.17) is 39.5 Å². The molecule has 0 radical (unpaired) electrons. The summed E-state index contributed by atoms with van der Waals surface area (Å²) in [6.07, 6.45) is -2.61. The Morgan fingerprint density at radius 2 is 0.818 bits per heavy atom. The maximum Gasteiger partial charge on any atom is 0.305 e. The number of para-hydroxylation sites is 2. The third kappa shape index (κ3) is 37.0. The van der Waals surface area contributed by atoms with Gasteiger partial charge in [-0.15, -0.1) is 0 Å². The van der Waals surface area contributed by atoms with Gasteiger partial charge in [0.05, 0.1) is 38.2 Å². The number of aromatic hydroxyl groups is 1. The van der Waals surface area contributed by atoms with Crippen LogP contribution < -0.4 is 119 Å². The topological polar surface area (TPSA) is 865 Å². The van der Waals surface area contributed by atoms with Gasteiger partial charge in [-0.1, -0.05) is 48.5 Å². The SMILES string of the molecule is CC(=O)N[C@@H](CS)C(=O)N[C@@H](Cc1cnc[nH]1)C(=O)N[C@H](C(=O)N[C@@H](Cc1c[nH]c2ccccc12)C(=O)N[C@@H](CCC(N)=O)C(=O)N[C@@H](CS)C(=O)N[C@@H](Cc1ccc(O)cc1)C(=O)N[C@@H](Cc1c[nH]c2ccccc12)C(=O)N[C@@H](CCCNC(=N)N)C(=O)N[C@@H](C)C(=O)N[C@@H](CC(N)=O)C(=O)N[C@@H](CC(=O)O)C(=O)NCC(=O)N[C@@H](CCCNC(=N)N)C(=O)N[C@@H](CC(=O)O)C(N)=O)[C@@H](C)O. The summed E-state index contributed by atoms with van der Waals surface area (Å²) in [5.41, 5.74) is 29.7. The number of phenolic OH excluding ortho intramolecular Hbond substituents is 1. The van der Waals surface area contributed by atoms with Crippen molar-refractivity contribution in [3.8, 4) is 5.75 Å². The van der Waals surface area contributed by atoms with E-state index in [9.17, 15) is 102 Å². The second-order valence-corrected chi connectivity index (χ2v) is 32.3. The number of nitrogens with zero attached hydrogens (tertiary/aromatic N) is 1. The predicted octanol–water partition coefficient (Wildman–Crippen LogP) is -9.37. The maximum atomic E-state index is 15.3. The number of thiol groups is 2. The number of carboxylic acid groups (broad SMARTS) is 2. The van der Waals surface area contributed by atoms with Gasteiger partial charge in [0.2, 0.25) is 106 Å². The number of amides is 18. The Balaban J connectivity index is 1.25. The number of carbonyl (C=O) groups excluding carboxylic acids is 18. The Kier molecular flexibility index (Phi) is 43.8. The van der Waals surface area contributed by atoms with Gasteiger partial charge in [0.15, 0.2) is 11.9 Å². The van der Waals surface area contributed by atoms with Gasteiger partial charge in [0, 0.05) is 110 Å². The number of carboxylic acids is 2. The number of imidazole rings is 1. The van der Waals surface area contributed by atoms with Crippen molar-refractivity contribution in [2.45, 2.75) is 195 Å². The van der Waals surface area contributed by atoms with E-state index in [0.717, 1.165) is 20.8 Å². The van der Waals surface area contributed by atoms with Gasteiger partial charge >= 0.3 is 11.9 Å². The molecule has 0 bridgehead atoms. The van der Waals surface area contributed by atoms with Crippen molar-refractivity contribution in [1.82, 2.24) is 110 Å². The molecule has 3 aromatic heterocycles. The maximum absolute atomic E-state index is 15.3. The van der Waals surface area contributed by atoms with Crippen LogP contribution in [-0.4, -0.2) is 292 Å². The number of fused-ring (bicyclic) bond motifs is 2. The molecule has 0 unspecified atom stereocenters. The fraction of sp³-hybridized carbons (Fsp3) is 0.434. The number of aromatic nitrogens is 4. The number of guanidine groups is 2.